The normalized spacial score (nSPS) is 11.3. The van der Waals surface area contributed by atoms with Crippen LogP contribution in [0.25, 0.3) is 0 Å². The lowest BCUT2D eigenvalue weighted by molar-refractivity contribution is 0.0908. The number of carbonyl (C=O) groups is 1. The summed E-state index contributed by atoms with van der Waals surface area (Å²) >= 11 is 0. The van der Waals surface area contributed by atoms with Crippen LogP contribution in [0, 0.1) is 11.6 Å². The van der Waals surface area contributed by atoms with Crippen molar-refractivity contribution in [2.24, 2.45) is 0 Å². The van der Waals surface area contributed by atoms with E-state index in [0.717, 1.165) is 25.0 Å². The van der Waals surface area contributed by atoms with E-state index >= 15 is 0 Å². The molecule has 0 aliphatic heterocycles. The summed E-state index contributed by atoms with van der Waals surface area (Å²) in [7, 11) is 1.42. The molecule has 0 bridgehead atoms. The van der Waals surface area contributed by atoms with Crippen molar-refractivity contribution in [3.05, 3.63) is 29.3 Å². The SMILES string of the molecule is CCCC(C)(C)NC(=O)c1cc(F)c(NC)c(F)c1. The fourth-order valence-corrected chi connectivity index (χ4v) is 2.01. The summed E-state index contributed by atoms with van der Waals surface area (Å²) in [6.07, 6.45) is 1.70. The minimum absolute atomic E-state index is 0.0156. The van der Waals surface area contributed by atoms with Gasteiger partial charge in [0.15, 0.2) is 0 Å². The van der Waals surface area contributed by atoms with Crippen LogP contribution in [-0.4, -0.2) is 18.5 Å². The Balaban J connectivity index is 2.95. The molecule has 0 spiro atoms. The molecular formula is C14H20F2N2O. The topological polar surface area (TPSA) is 41.1 Å². The van der Waals surface area contributed by atoms with E-state index in [0.29, 0.717) is 0 Å². The van der Waals surface area contributed by atoms with Gasteiger partial charge in [0.05, 0.1) is 0 Å². The number of hydrogen-bond acceptors (Lipinski definition) is 2. The average molecular weight is 270 g/mol. The molecule has 3 nitrogen and oxygen atoms in total. The number of anilines is 1. The lowest BCUT2D eigenvalue weighted by Crippen LogP contribution is -2.43. The van der Waals surface area contributed by atoms with Crippen LogP contribution in [0.1, 0.15) is 44.0 Å². The molecule has 1 rings (SSSR count). The smallest absolute Gasteiger partial charge is 0.251 e. The molecule has 0 fully saturated rings. The second kappa shape index (κ2) is 5.99. The summed E-state index contributed by atoms with van der Waals surface area (Å²) in [5.74, 6) is -2.03. The Labute approximate surface area is 112 Å². The van der Waals surface area contributed by atoms with Crippen molar-refractivity contribution in [3.63, 3.8) is 0 Å². The van der Waals surface area contributed by atoms with Crippen molar-refractivity contribution < 1.29 is 13.6 Å². The first-order chi connectivity index (χ1) is 8.80. The van der Waals surface area contributed by atoms with Gasteiger partial charge < -0.3 is 10.6 Å². The van der Waals surface area contributed by atoms with Gasteiger partial charge in [-0.05, 0) is 32.4 Å². The zero-order valence-electron chi connectivity index (χ0n) is 11.7. The molecule has 0 aliphatic carbocycles. The minimum Gasteiger partial charge on any atom is -0.383 e. The van der Waals surface area contributed by atoms with Gasteiger partial charge in [-0.25, -0.2) is 8.78 Å². The van der Waals surface area contributed by atoms with Crippen molar-refractivity contribution in [2.45, 2.75) is 39.2 Å². The van der Waals surface area contributed by atoms with Crippen LogP contribution in [0.5, 0.6) is 0 Å². The van der Waals surface area contributed by atoms with Crippen LogP contribution >= 0.6 is 0 Å². The summed E-state index contributed by atoms with van der Waals surface area (Å²) in [5, 5.41) is 5.19. The van der Waals surface area contributed by atoms with Gasteiger partial charge in [0, 0.05) is 18.2 Å². The van der Waals surface area contributed by atoms with Gasteiger partial charge in [-0.15, -0.1) is 0 Å². The number of amides is 1. The standard InChI is InChI=1S/C14H20F2N2O/c1-5-6-14(2,3)18-13(19)9-7-10(15)12(17-4)11(16)8-9/h7-8,17H,5-6H2,1-4H3,(H,18,19). The Morgan fingerprint density at radius 3 is 2.21 bits per heavy atom. The maximum absolute atomic E-state index is 13.6. The second-order valence-corrected chi connectivity index (χ2v) is 5.15. The number of nitrogens with one attached hydrogen (secondary N) is 2. The van der Waals surface area contributed by atoms with Crippen molar-refractivity contribution in [3.8, 4) is 0 Å². The van der Waals surface area contributed by atoms with Crippen LogP contribution in [0.4, 0.5) is 14.5 Å². The number of rotatable bonds is 5. The third kappa shape index (κ3) is 3.91. The molecule has 0 radical (unpaired) electrons. The predicted molar refractivity (Wildman–Crippen MR) is 72.4 cm³/mol. The number of hydrogen-bond donors (Lipinski definition) is 2. The van der Waals surface area contributed by atoms with Crippen molar-refractivity contribution in [1.29, 1.82) is 0 Å². The molecule has 19 heavy (non-hydrogen) atoms. The van der Waals surface area contributed by atoms with Crippen LogP contribution in [0.3, 0.4) is 0 Å². The third-order valence-electron chi connectivity index (χ3n) is 2.88. The summed E-state index contributed by atoms with van der Waals surface area (Å²) in [6, 6.07) is 2.07. The van der Waals surface area contributed by atoms with E-state index in [2.05, 4.69) is 10.6 Å². The lowest BCUT2D eigenvalue weighted by Gasteiger charge is -2.25. The van der Waals surface area contributed by atoms with E-state index in [9.17, 15) is 13.6 Å². The highest BCUT2D eigenvalue weighted by Gasteiger charge is 2.21. The zero-order chi connectivity index (χ0) is 14.6. The van der Waals surface area contributed by atoms with E-state index < -0.39 is 23.1 Å². The van der Waals surface area contributed by atoms with Crippen LogP contribution in [0.15, 0.2) is 12.1 Å². The van der Waals surface area contributed by atoms with Gasteiger partial charge in [0.25, 0.3) is 5.91 Å². The molecule has 1 aromatic rings. The summed E-state index contributed by atoms with van der Waals surface area (Å²) in [5.41, 5.74) is -0.650. The monoisotopic (exact) mass is 270 g/mol. The van der Waals surface area contributed by atoms with E-state index in [1.165, 1.54) is 7.05 Å². The fraction of sp³-hybridized carbons (Fsp3) is 0.500. The summed E-state index contributed by atoms with van der Waals surface area (Å²) in [4.78, 5) is 12.0. The van der Waals surface area contributed by atoms with Crippen molar-refractivity contribution >= 4 is 11.6 Å². The van der Waals surface area contributed by atoms with Gasteiger partial charge in [-0.3, -0.25) is 4.79 Å². The Bertz CT molecular complexity index is 450. The third-order valence-corrected chi connectivity index (χ3v) is 2.88. The van der Waals surface area contributed by atoms with E-state index in [-0.39, 0.29) is 11.3 Å². The molecule has 2 N–H and O–H groups in total. The number of carbonyl (C=O) groups excluding carboxylic acids is 1. The van der Waals surface area contributed by atoms with Gasteiger partial charge >= 0.3 is 0 Å². The largest absolute Gasteiger partial charge is 0.383 e. The fourth-order valence-electron chi connectivity index (χ4n) is 2.01. The van der Waals surface area contributed by atoms with Crippen LogP contribution < -0.4 is 10.6 Å². The quantitative estimate of drug-likeness (QED) is 0.861. The highest BCUT2D eigenvalue weighted by Crippen LogP contribution is 2.21. The zero-order valence-corrected chi connectivity index (χ0v) is 11.7. The Hall–Kier alpha value is -1.65. The Morgan fingerprint density at radius 1 is 1.26 bits per heavy atom. The molecule has 106 valence electrons. The maximum atomic E-state index is 13.6. The molecule has 0 saturated carbocycles. The maximum Gasteiger partial charge on any atom is 0.251 e. The average Bonchev–Trinajstić information content (AvgIpc) is 2.27. The van der Waals surface area contributed by atoms with Gasteiger partial charge in [-0.1, -0.05) is 13.3 Å². The molecule has 0 heterocycles. The molecule has 1 amide bonds. The lowest BCUT2D eigenvalue weighted by atomic mass is 9.98. The summed E-state index contributed by atoms with van der Waals surface area (Å²) < 4.78 is 27.1. The summed E-state index contributed by atoms with van der Waals surface area (Å²) in [6.45, 7) is 5.76. The molecule has 0 saturated heterocycles. The number of benzene rings is 1. The van der Waals surface area contributed by atoms with Crippen molar-refractivity contribution in [2.75, 3.05) is 12.4 Å². The minimum atomic E-state index is -0.777. The first-order valence-corrected chi connectivity index (χ1v) is 6.30. The van der Waals surface area contributed by atoms with Crippen LogP contribution in [0.2, 0.25) is 0 Å². The molecule has 0 unspecified atom stereocenters. The Kier molecular flexibility index (Phi) is 4.86. The number of halogens is 2. The van der Waals surface area contributed by atoms with Crippen molar-refractivity contribution in [1.82, 2.24) is 5.32 Å². The second-order valence-electron chi connectivity index (χ2n) is 5.15. The van der Waals surface area contributed by atoms with E-state index in [1.807, 2.05) is 20.8 Å². The predicted octanol–water partition coefficient (Wildman–Crippen LogP) is 3.32. The van der Waals surface area contributed by atoms with Crippen LogP contribution in [-0.2, 0) is 0 Å². The highest BCUT2D eigenvalue weighted by atomic mass is 19.1. The molecular weight excluding hydrogens is 250 g/mol. The van der Waals surface area contributed by atoms with E-state index in [1.54, 1.807) is 0 Å². The van der Waals surface area contributed by atoms with E-state index in [4.69, 9.17) is 0 Å². The molecule has 0 atom stereocenters. The van der Waals surface area contributed by atoms with Gasteiger partial charge in [-0.2, -0.15) is 0 Å². The molecule has 5 heteroatoms. The first-order valence-electron chi connectivity index (χ1n) is 6.30. The first kappa shape index (κ1) is 15.4. The highest BCUT2D eigenvalue weighted by molar-refractivity contribution is 5.95. The molecule has 0 aliphatic rings. The molecule has 1 aromatic carbocycles. The Morgan fingerprint density at radius 2 is 1.79 bits per heavy atom. The van der Waals surface area contributed by atoms with Gasteiger partial charge in [0.1, 0.15) is 17.3 Å². The molecule has 0 aromatic heterocycles. The van der Waals surface area contributed by atoms with Gasteiger partial charge in [0.2, 0.25) is 0 Å².